The molecule has 1 saturated heterocycles. The molecule has 1 aromatic rings. The number of hydrogen-bond donors (Lipinski definition) is 0. The number of carbonyl (C=O) groups excluding carboxylic acids is 2. The molecule has 4 nitrogen and oxygen atoms in total. The maximum absolute atomic E-state index is 12.5. The second-order valence-electron chi connectivity index (χ2n) is 6.49. The summed E-state index contributed by atoms with van der Waals surface area (Å²) in [5.74, 6) is 0.206. The maximum atomic E-state index is 12.5. The predicted octanol–water partition coefficient (Wildman–Crippen LogP) is 4.18. The maximum Gasteiger partial charge on any atom is 0.416 e. The minimum Gasteiger partial charge on any atom is -0.447 e. The van der Waals surface area contributed by atoms with Crippen LogP contribution in [-0.2, 0) is 16.0 Å². The van der Waals surface area contributed by atoms with E-state index in [1.165, 1.54) is 17.7 Å². The van der Waals surface area contributed by atoms with E-state index >= 15 is 0 Å². The van der Waals surface area contributed by atoms with Crippen molar-refractivity contribution < 1.29 is 14.3 Å². The molecule has 1 aliphatic rings. The monoisotopic (exact) mass is 317 g/mol. The Bertz CT molecular complexity index is 515. The lowest BCUT2D eigenvalue weighted by atomic mass is 9.98. The summed E-state index contributed by atoms with van der Waals surface area (Å²) >= 11 is 0. The van der Waals surface area contributed by atoms with Gasteiger partial charge in [0.05, 0.1) is 6.04 Å². The number of ether oxygens (including phenoxy) is 1. The lowest BCUT2D eigenvalue weighted by Gasteiger charge is -2.21. The van der Waals surface area contributed by atoms with Crippen molar-refractivity contribution in [1.29, 1.82) is 0 Å². The van der Waals surface area contributed by atoms with Gasteiger partial charge in [0.2, 0.25) is 5.91 Å². The summed E-state index contributed by atoms with van der Waals surface area (Å²) in [4.78, 5) is 25.8. The molecule has 0 bridgehead atoms. The van der Waals surface area contributed by atoms with Crippen molar-refractivity contribution in [3.05, 3.63) is 35.9 Å². The van der Waals surface area contributed by atoms with Crippen molar-refractivity contribution >= 4 is 12.0 Å². The van der Waals surface area contributed by atoms with Crippen LogP contribution in [0.25, 0.3) is 0 Å². The number of carbonyl (C=O) groups is 2. The highest BCUT2D eigenvalue weighted by molar-refractivity contribution is 5.93. The highest BCUT2D eigenvalue weighted by Crippen LogP contribution is 2.21. The lowest BCUT2D eigenvalue weighted by molar-refractivity contribution is -0.130. The van der Waals surface area contributed by atoms with Crippen molar-refractivity contribution in [2.24, 2.45) is 5.92 Å². The molecule has 0 aliphatic carbocycles. The summed E-state index contributed by atoms with van der Waals surface area (Å²) in [6.45, 7) is 4.55. The summed E-state index contributed by atoms with van der Waals surface area (Å²) in [5.41, 5.74) is 1.12. The van der Waals surface area contributed by atoms with Crippen LogP contribution in [0.15, 0.2) is 30.3 Å². The molecule has 1 aromatic carbocycles. The van der Waals surface area contributed by atoms with E-state index < -0.39 is 6.09 Å². The molecule has 1 aliphatic heterocycles. The third kappa shape index (κ3) is 5.08. The van der Waals surface area contributed by atoms with Gasteiger partial charge in [-0.2, -0.15) is 0 Å². The van der Waals surface area contributed by atoms with Crippen molar-refractivity contribution in [2.45, 2.75) is 58.4 Å². The molecular weight excluding hydrogens is 290 g/mol. The molecular formula is C19H27NO3. The van der Waals surface area contributed by atoms with Crippen LogP contribution in [-0.4, -0.2) is 29.5 Å². The lowest BCUT2D eigenvalue weighted by Crippen LogP contribution is -2.40. The number of nitrogens with zero attached hydrogens (tertiary/aromatic N) is 1. The third-order valence-corrected chi connectivity index (χ3v) is 4.37. The molecule has 0 aromatic heterocycles. The van der Waals surface area contributed by atoms with E-state index in [9.17, 15) is 9.59 Å². The van der Waals surface area contributed by atoms with Gasteiger partial charge in [-0.05, 0) is 17.9 Å². The van der Waals surface area contributed by atoms with Gasteiger partial charge in [0, 0.05) is 6.42 Å². The first kappa shape index (κ1) is 17.5. The predicted molar refractivity (Wildman–Crippen MR) is 90.1 cm³/mol. The number of hydrogen-bond acceptors (Lipinski definition) is 3. The van der Waals surface area contributed by atoms with Gasteiger partial charge in [0.25, 0.3) is 0 Å². The molecule has 2 amide bonds. The summed E-state index contributed by atoms with van der Waals surface area (Å²) in [7, 11) is 0. The van der Waals surface area contributed by atoms with Gasteiger partial charge in [0.1, 0.15) is 6.61 Å². The smallest absolute Gasteiger partial charge is 0.416 e. The van der Waals surface area contributed by atoms with E-state index in [0.717, 1.165) is 18.4 Å². The molecule has 1 heterocycles. The number of imide groups is 1. The van der Waals surface area contributed by atoms with Gasteiger partial charge < -0.3 is 4.74 Å². The van der Waals surface area contributed by atoms with Gasteiger partial charge in [-0.15, -0.1) is 0 Å². The molecule has 0 N–H and O–H groups in total. The Morgan fingerprint density at radius 1 is 1.30 bits per heavy atom. The van der Waals surface area contributed by atoms with Gasteiger partial charge in [-0.1, -0.05) is 69.9 Å². The molecule has 0 radical (unpaired) electrons. The average Bonchev–Trinajstić information content (AvgIpc) is 2.89. The van der Waals surface area contributed by atoms with Gasteiger partial charge >= 0.3 is 6.09 Å². The minimum absolute atomic E-state index is 0.0996. The van der Waals surface area contributed by atoms with Crippen LogP contribution in [0.3, 0.4) is 0 Å². The number of rotatable bonds is 8. The number of unbranched alkanes of at least 4 members (excludes halogenated alkanes) is 2. The first-order chi connectivity index (χ1) is 11.1. The van der Waals surface area contributed by atoms with E-state index in [1.54, 1.807) is 0 Å². The van der Waals surface area contributed by atoms with Crippen molar-refractivity contribution in [2.75, 3.05) is 6.61 Å². The second kappa shape index (κ2) is 8.70. The summed E-state index contributed by atoms with van der Waals surface area (Å²) in [6.07, 6.45) is 5.14. The fourth-order valence-electron chi connectivity index (χ4n) is 3.04. The van der Waals surface area contributed by atoms with Crippen LogP contribution in [0.4, 0.5) is 4.79 Å². The largest absolute Gasteiger partial charge is 0.447 e. The Morgan fingerprint density at radius 3 is 2.74 bits per heavy atom. The highest BCUT2D eigenvalue weighted by atomic mass is 16.6. The van der Waals surface area contributed by atoms with Gasteiger partial charge in [-0.3, -0.25) is 4.79 Å². The first-order valence-corrected chi connectivity index (χ1v) is 8.64. The van der Waals surface area contributed by atoms with E-state index in [4.69, 9.17) is 4.74 Å². The molecule has 2 rings (SSSR count). The van der Waals surface area contributed by atoms with Crippen molar-refractivity contribution in [3.63, 3.8) is 0 Å². The summed E-state index contributed by atoms with van der Waals surface area (Å²) in [5, 5.41) is 0. The topological polar surface area (TPSA) is 46.6 Å². The molecule has 1 fully saturated rings. The quantitative estimate of drug-likeness (QED) is 0.676. The standard InChI is InChI=1S/C19H27NO3/c1-3-4-6-9-15(2)12-18(21)20-17(14-23-19(20)22)13-16-10-7-5-8-11-16/h5,7-8,10-11,15,17H,3-4,6,9,12-14H2,1-2H3/t15?,17-/m0/s1. The molecule has 0 spiro atoms. The fraction of sp³-hybridized carbons (Fsp3) is 0.579. The summed E-state index contributed by atoms with van der Waals surface area (Å²) < 4.78 is 5.12. The van der Waals surface area contributed by atoms with E-state index in [0.29, 0.717) is 25.4 Å². The number of amides is 2. The van der Waals surface area contributed by atoms with E-state index in [1.807, 2.05) is 30.3 Å². The molecule has 126 valence electrons. The van der Waals surface area contributed by atoms with Crippen LogP contribution >= 0.6 is 0 Å². The van der Waals surface area contributed by atoms with Gasteiger partial charge in [0.15, 0.2) is 0 Å². The van der Waals surface area contributed by atoms with Crippen molar-refractivity contribution in [1.82, 2.24) is 4.90 Å². The Kier molecular flexibility index (Phi) is 6.63. The Labute approximate surface area is 138 Å². The molecule has 4 heteroatoms. The molecule has 1 unspecified atom stereocenters. The zero-order chi connectivity index (χ0) is 16.7. The van der Waals surface area contributed by atoms with E-state index in [2.05, 4.69) is 13.8 Å². The van der Waals surface area contributed by atoms with Crippen molar-refractivity contribution in [3.8, 4) is 0 Å². The Hall–Kier alpha value is -1.84. The molecule has 2 atom stereocenters. The zero-order valence-electron chi connectivity index (χ0n) is 14.2. The zero-order valence-corrected chi connectivity index (χ0v) is 14.2. The number of cyclic esters (lactones) is 1. The Morgan fingerprint density at radius 2 is 2.04 bits per heavy atom. The molecule has 23 heavy (non-hydrogen) atoms. The average molecular weight is 317 g/mol. The SMILES string of the molecule is CCCCCC(C)CC(=O)N1C(=O)OC[C@@H]1Cc1ccccc1. The van der Waals surface area contributed by atoms with Crippen LogP contribution in [0.2, 0.25) is 0 Å². The first-order valence-electron chi connectivity index (χ1n) is 8.64. The summed E-state index contributed by atoms with van der Waals surface area (Å²) in [6, 6.07) is 9.74. The van der Waals surface area contributed by atoms with Gasteiger partial charge in [-0.25, -0.2) is 9.69 Å². The second-order valence-corrected chi connectivity index (χ2v) is 6.49. The highest BCUT2D eigenvalue weighted by Gasteiger charge is 2.37. The van der Waals surface area contributed by atoms with Crippen LogP contribution in [0.1, 0.15) is 51.5 Å². The van der Waals surface area contributed by atoms with E-state index in [-0.39, 0.29) is 11.9 Å². The Balaban J connectivity index is 1.92. The van der Waals surface area contributed by atoms with Crippen LogP contribution in [0, 0.1) is 5.92 Å². The third-order valence-electron chi connectivity index (χ3n) is 4.37. The van der Waals surface area contributed by atoms with Crippen LogP contribution in [0.5, 0.6) is 0 Å². The minimum atomic E-state index is -0.489. The fourth-order valence-corrected chi connectivity index (χ4v) is 3.04. The van der Waals surface area contributed by atoms with Crippen LogP contribution < -0.4 is 0 Å². The number of benzene rings is 1. The molecule has 0 saturated carbocycles. The normalized spacial score (nSPS) is 18.8.